The van der Waals surface area contributed by atoms with Crippen molar-refractivity contribution in [3.63, 3.8) is 0 Å². The molecule has 3 aromatic rings. The Kier molecular flexibility index (Phi) is 2.94. The van der Waals surface area contributed by atoms with Crippen LogP contribution in [0.1, 0.15) is 31.7 Å². The van der Waals surface area contributed by atoms with Gasteiger partial charge < -0.3 is 9.47 Å². The van der Waals surface area contributed by atoms with Crippen molar-refractivity contribution in [1.82, 2.24) is 9.47 Å². The number of piperidine rings is 1. The van der Waals surface area contributed by atoms with E-state index in [0.29, 0.717) is 18.1 Å². The van der Waals surface area contributed by atoms with Gasteiger partial charge in [0.2, 0.25) is 0 Å². The van der Waals surface area contributed by atoms with Crippen molar-refractivity contribution in [2.24, 2.45) is 0 Å². The largest absolute Gasteiger partial charge is 0.312 e. The first-order valence-corrected chi connectivity index (χ1v) is 9.28. The summed E-state index contributed by atoms with van der Waals surface area (Å²) in [6, 6.07) is 12.1. The van der Waals surface area contributed by atoms with Crippen LogP contribution >= 0.6 is 11.3 Å². The molecule has 1 aromatic carbocycles. The van der Waals surface area contributed by atoms with Crippen LogP contribution in [0, 0.1) is 0 Å². The molecule has 2 fully saturated rings. The number of nitrogens with zero attached hydrogens (tertiary/aromatic N) is 2. The molecule has 3 nitrogen and oxygen atoms in total. The average molecular weight is 324 g/mol. The minimum Gasteiger partial charge on any atom is -0.312 e. The van der Waals surface area contributed by atoms with E-state index in [1.165, 1.54) is 17.5 Å². The molecule has 0 radical (unpaired) electrons. The smallest absolute Gasteiger partial charge is 0.260 e. The van der Waals surface area contributed by atoms with Gasteiger partial charge in [0.25, 0.3) is 5.56 Å². The van der Waals surface area contributed by atoms with E-state index in [0.717, 1.165) is 28.3 Å². The zero-order chi connectivity index (χ0) is 15.6. The third-order valence-electron chi connectivity index (χ3n) is 5.92. The number of hydrogen-bond acceptors (Lipinski definition) is 3. The van der Waals surface area contributed by atoms with E-state index in [-0.39, 0.29) is 5.56 Å². The highest BCUT2D eigenvalue weighted by atomic mass is 32.1. The number of hydrogen-bond donors (Lipinski definition) is 0. The molecule has 23 heavy (non-hydrogen) atoms. The molecule has 2 bridgehead atoms. The lowest BCUT2D eigenvalue weighted by Crippen LogP contribution is -2.42. The summed E-state index contributed by atoms with van der Waals surface area (Å²) in [4.78, 5) is 15.7. The van der Waals surface area contributed by atoms with E-state index >= 15 is 0 Å². The van der Waals surface area contributed by atoms with Crippen molar-refractivity contribution in [2.45, 2.75) is 43.8 Å². The van der Waals surface area contributed by atoms with E-state index in [1.54, 1.807) is 11.3 Å². The quantitative estimate of drug-likeness (QED) is 0.675. The highest BCUT2D eigenvalue weighted by molar-refractivity contribution is 7.25. The van der Waals surface area contributed by atoms with E-state index in [4.69, 9.17) is 0 Å². The molecule has 2 saturated heterocycles. The van der Waals surface area contributed by atoms with Gasteiger partial charge in [-0.2, -0.15) is 0 Å². The molecule has 0 spiro atoms. The van der Waals surface area contributed by atoms with Gasteiger partial charge in [0.1, 0.15) is 0 Å². The predicted molar refractivity (Wildman–Crippen MR) is 96.4 cm³/mol. The second kappa shape index (κ2) is 4.92. The van der Waals surface area contributed by atoms with Crippen LogP contribution in [0.15, 0.2) is 41.3 Å². The van der Waals surface area contributed by atoms with Crippen molar-refractivity contribution >= 4 is 31.5 Å². The number of thiophene rings is 1. The summed E-state index contributed by atoms with van der Waals surface area (Å²) in [5.41, 5.74) is 0.203. The van der Waals surface area contributed by atoms with Gasteiger partial charge in [0, 0.05) is 39.1 Å². The molecule has 2 unspecified atom stereocenters. The van der Waals surface area contributed by atoms with Gasteiger partial charge >= 0.3 is 0 Å². The Balaban J connectivity index is 1.67. The lowest BCUT2D eigenvalue weighted by atomic mass is 9.97. The molecule has 2 aliphatic rings. The zero-order valence-corrected chi connectivity index (χ0v) is 14.1. The molecular formula is C19H20N2OS. The summed E-state index contributed by atoms with van der Waals surface area (Å²) in [6.45, 7) is 0. The standard InChI is InChI=1S/C19H20N2OS/c1-20-12-6-7-13(20)11-14(10-12)21-9-8-17-18(19(21)22)15-4-2-3-5-16(15)23-17/h2-5,8-9,12-14H,6-7,10-11H2,1H3. The molecule has 0 aliphatic carbocycles. The van der Waals surface area contributed by atoms with E-state index in [2.05, 4.69) is 30.1 Å². The first-order valence-electron chi connectivity index (χ1n) is 8.46. The Bertz CT molecular complexity index is 943. The minimum atomic E-state index is 0.203. The molecule has 4 heteroatoms. The van der Waals surface area contributed by atoms with Crippen LogP contribution in [0.4, 0.5) is 0 Å². The Labute approximate surface area is 139 Å². The molecule has 0 saturated carbocycles. The summed E-state index contributed by atoms with van der Waals surface area (Å²) in [5.74, 6) is 0. The van der Waals surface area contributed by atoms with E-state index < -0.39 is 0 Å². The third kappa shape index (κ3) is 1.95. The average Bonchev–Trinajstić information content (AvgIpc) is 3.01. The number of fused-ring (bicyclic) bond motifs is 5. The van der Waals surface area contributed by atoms with Crippen molar-refractivity contribution in [3.8, 4) is 0 Å². The van der Waals surface area contributed by atoms with Crippen LogP contribution in [0.5, 0.6) is 0 Å². The Morgan fingerprint density at radius 1 is 1.00 bits per heavy atom. The van der Waals surface area contributed by atoms with Gasteiger partial charge in [-0.1, -0.05) is 18.2 Å². The fourth-order valence-corrected chi connectivity index (χ4v) is 5.74. The maximum absolute atomic E-state index is 13.2. The molecular weight excluding hydrogens is 304 g/mol. The molecule has 5 rings (SSSR count). The van der Waals surface area contributed by atoms with Gasteiger partial charge in [0.15, 0.2) is 0 Å². The van der Waals surface area contributed by atoms with Crippen molar-refractivity contribution in [1.29, 1.82) is 0 Å². The maximum atomic E-state index is 13.2. The first kappa shape index (κ1) is 13.8. The minimum absolute atomic E-state index is 0.203. The van der Waals surface area contributed by atoms with Crippen molar-refractivity contribution in [2.75, 3.05) is 7.05 Å². The maximum Gasteiger partial charge on any atom is 0.260 e. The molecule has 0 N–H and O–H groups in total. The lowest BCUT2D eigenvalue weighted by Gasteiger charge is -2.37. The SMILES string of the molecule is CN1C2CCC1CC(n1ccc3sc4ccccc4c3c1=O)C2. The van der Waals surface area contributed by atoms with Gasteiger partial charge in [0.05, 0.1) is 5.39 Å². The molecule has 2 atom stereocenters. The normalized spacial score (nSPS) is 28.0. The molecule has 118 valence electrons. The first-order chi connectivity index (χ1) is 11.2. The topological polar surface area (TPSA) is 25.2 Å². The number of aromatic nitrogens is 1. The number of benzene rings is 1. The monoisotopic (exact) mass is 324 g/mol. The van der Waals surface area contributed by atoms with Gasteiger partial charge in [-0.3, -0.25) is 4.79 Å². The van der Waals surface area contributed by atoms with Crippen molar-refractivity contribution in [3.05, 3.63) is 46.9 Å². The Morgan fingerprint density at radius 3 is 2.52 bits per heavy atom. The molecule has 4 heterocycles. The summed E-state index contributed by atoms with van der Waals surface area (Å²) < 4.78 is 4.35. The molecule has 2 aromatic heterocycles. The zero-order valence-electron chi connectivity index (χ0n) is 13.2. The second-order valence-electron chi connectivity index (χ2n) is 7.04. The summed E-state index contributed by atoms with van der Waals surface area (Å²) >= 11 is 1.72. The highest BCUT2D eigenvalue weighted by Crippen LogP contribution is 2.40. The Morgan fingerprint density at radius 2 is 1.74 bits per heavy atom. The van der Waals surface area contributed by atoms with Crippen LogP contribution in [0.2, 0.25) is 0 Å². The fraction of sp³-hybridized carbons (Fsp3) is 0.421. The highest BCUT2D eigenvalue weighted by Gasteiger charge is 2.39. The van der Waals surface area contributed by atoms with Crippen molar-refractivity contribution < 1.29 is 0 Å². The van der Waals surface area contributed by atoms with Gasteiger partial charge in [-0.15, -0.1) is 11.3 Å². The van der Waals surface area contributed by atoms with Crippen LogP contribution < -0.4 is 5.56 Å². The molecule has 2 aliphatic heterocycles. The summed E-state index contributed by atoms with van der Waals surface area (Å²) in [5, 5.41) is 2.03. The molecule has 0 amide bonds. The number of pyridine rings is 1. The lowest BCUT2D eigenvalue weighted by molar-refractivity contribution is 0.136. The van der Waals surface area contributed by atoms with Crippen LogP contribution in [0.3, 0.4) is 0 Å². The second-order valence-corrected chi connectivity index (χ2v) is 8.13. The fourth-order valence-electron chi connectivity index (χ4n) is 4.64. The summed E-state index contributed by atoms with van der Waals surface area (Å²) in [6.07, 6.45) is 6.84. The predicted octanol–water partition coefficient (Wildman–Crippen LogP) is 4.01. The van der Waals surface area contributed by atoms with Crippen LogP contribution in [0.25, 0.3) is 20.2 Å². The number of rotatable bonds is 1. The van der Waals surface area contributed by atoms with Crippen LogP contribution in [-0.2, 0) is 0 Å². The Hall–Kier alpha value is -1.65. The van der Waals surface area contributed by atoms with Gasteiger partial charge in [-0.05, 0) is 44.9 Å². The summed E-state index contributed by atoms with van der Waals surface area (Å²) in [7, 11) is 2.25. The third-order valence-corrected chi connectivity index (χ3v) is 7.06. The van der Waals surface area contributed by atoms with E-state index in [9.17, 15) is 4.79 Å². The van der Waals surface area contributed by atoms with E-state index in [1.807, 2.05) is 22.9 Å². The van der Waals surface area contributed by atoms with Gasteiger partial charge in [-0.25, -0.2) is 0 Å². The van der Waals surface area contributed by atoms with Crippen LogP contribution in [-0.4, -0.2) is 28.6 Å².